The molecule has 25 heavy (non-hydrogen) atoms. The molecule has 6 nitrogen and oxygen atoms in total. The molecule has 3 rings (SSSR count). The van der Waals surface area contributed by atoms with Gasteiger partial charge in [-0.3, -0.25) is 9.78 Å². The number of anilines is 2. The lowest BCUT2D eigenvalue weighted by Gasteiger charge is -2.08. The molecule has 3 aromatic rings. The van der Waals surface area contributed by atoms with Gasteiger partial charge in [-0.1, -0.05) is 17.7 Å². The van der Waals surface area contributed by atoms with Crippen molar-refractivity contribution in [3.05, 3.63) is 76.8 Å². The number of halogens is 1. The minimum Gasteiger partial charge on any atom is -0.348 e. The van der Waals surface area contributed by atoms with E-state index in [9.17, 15) is 4.79 Å². The van der Waals surface area contributed by atoms with E-state index in [0.717, 1.165) is 16.8 Å². The van der Waals surface area contributed by atoms with Crippen LogP contribution < -0.4 is 10.6 Å². The second-order valence-electron chi connectivity index (χ2n) is 5.42. The second kappa shape index (κ2) is 7.72. The van der Waals surface area contributed by atoms with Crippen LogP contribution in [0.2, 0.25) is 5.02 Å². The molecule has 0 aliphatic carbocycles. The quantitative estimate of drug-likeness (QED) is 0.733. The highest BCUT2D eigenvalue weighted by Gasteiger charge is 2.07. The molecule has 1 amide bonds. The summed E-state index contributed by atoms with van der Waals surface area (Å²) in [6.07, 6.45) is 6.32. The Morgan fingerprint density at radius 2 is 1.84 bits per heavy atom. The van der Waals surface area contributed by atoms with Crippen LogP contribution >= 0.6 is 11.6 Å². The standard InChI is InChI=1S/C18H16ClN5O/c1-12-2-3-15(8-16(12)19)24-18-22-10-14(11-23-18)17(25)21-9-13-4-6-20-7-5-13/h2-8,10-11H,9H2,1H3,(H,21,25)(H,22,23,24). The highest BCUT2D eigenvalue weighted by molar-refractivity contribution is 6.31. The van der Waals surface area contributed by atoms with Gasteiger partial charge in [0.2, 0.25) is 5.95 Å². The van der Waals surface area contributed by atoms with E-state index in [-0.39, 0.29) is 5.91 Å². The summed E-state index contributed by atoms with van der Waals surface area (Å²) in [5.74, 6) is 0.160. The molecule has 0 atom stereocenters. The van der Waals surface area contributed by atoms with Crippen LogP contribution in [0.3, 0.4) is 0 Å². The lowest BCUT2D eigenvalue weighted by Crippen LogP contribution is -2.23. The number of hydrogen-bond donors (Lipinski definition) is 2. The molecule has 2 heterocycles. The van der Waals surface area contributed by atoms with Crippen LogP contribution in [0.5, 0.6) is 0 Å². The van der Waals surface area contributed by atoms with Gasteiger partial charge in [-0.25, -0.2) is 9.97 Å². The molecule has 0 spiro atoms. The molecule has 0 bridgehead atoms. The number of carbonyl (C=O) groups is 1. The largest absolute Gasteiger partial charge is 0.348 e. The Bertz CT molecular complexity index is 868. The zero-order chi connectivity index (χ0) is 17.6. The summed E-state index contributed by atoms with van der Waals surface area (Å²) < 4.78 is 0. The van der Waals surface area contributed by atoms with Gasteiger partial charge in [0.1, 0.15) is 0 Å². The maximum absolute atomic E-state index is 12.1. The summed E-state index contributed by atoms with van der Waals surface area (Å²) in [6, 6.07) is 9.29. The molecule has 0 radical (unpaired) electrons. The van der Waals surface area contributed by atoms with Crippen molar-refractivity contribution in [2.75, 3.05) is 5.32 Å². The van der Waals surface area contributed by atoms with Crippen LogP contribution in [0.15, 0.2) is 55.1 Å². The summed E-state index contributed by atoms with van der Waals surface area (Å²) in [5, 5.41) is 6.53. The highest BCUT2D eigenvalue weighted by atomic mass is 35.5. The van der Waals surface area contributed by atoms with E-state index in [4.69, 9.17) is 11.6 Å². The van der Waals surface area contributed by atoms with Gasteiger partial charge in [0.05, 0.1) is 5.56 Å². The Morgan fingerprint density at radius 3 is 2.52 bits per heavy atom. The fourth-order valence-corrected chi connectivity index (χ4v) is 2.28. The zero-order valence-corrected chi connectivity index (χ0v) is 14.3. The van der Waals surface area contributed by atoms with Crippen molar-refractivity contribution in [3.8, 4) is 0 Å². The van der Waals surface area contributed by atoms with Crippen LogP contribution in [0.25, 0.3) is 0 Å². The van der Waals surface area contributed by atoms with Gasteiger partial charge in [0.25, 0.3) is 5.91 Å². The summed E-state index contributed by atoms with van der Waals surface area (Å²) in [5.41, 5.74) is 3.14. The van der Waals surface area contributed by atoms with Crippen molar-refractivity contribution < 1.29 is 4.79 Å². The first-order valence-corrected chi connectivity index (χ1v) is 8.02. The highest BCUT2D eigenvalue weighted by Crippen LogP contribution is 2.21. The number of carbonyl (C=O) groups excluding carboxylic acids is 1. The molecule has 0 aliphatic heterocycles. The van der Waals surface area contributed by atoms with Crippen molar-refractivity contribution in [2.24, 2.45) is 0 Å². The normalized spacial score (nSPS) is 10.3. The maximum Gasteiger partial charge on any atom is 0.254 e. The van der Waals surface area contributed by atoms with Gasteiger partial charge in [-0.05, 0) is 42.3 Å². The number of nitrogens with one attached hydrogen (secondary N) is 2. The Balaban J connectivity index is 1.61. The molecule has 0 aliphatic rings. The predicted octanol–water partition coefficient (Wildman–Crippen LogP) is 3.51. The molecule has 7 heteroatoms. The fourth-order valence-electron chi connectivity index (χ4n) is 2.09. The molecular weight excluding hydrogens is 338 g/mol. The lowest BCUT2D eigenvalue weighted by atomic mass is 10.2. The minimum atomic E-state index is -0.234. The first-order chi connectivity index (χ1) is 12.1. The fraction of sp³-hybridized carbons (Fsp3) is 0.111. The summed E-state index contributed by atoms with van der Waals surface area (Å²) in [7, 11) is 0. The van der Waals surface area contributed by atoms with Gasteiger partial charge in [0.15, 0.2) is 0 Å². The van der Waals surface area contributed by atoms with Gasteiger partial charge >= 0.3 is 0 Å². The van der Waals surface area contributed by atoms with Crippen LogP contribution in [0, 0.1) is 6.92 Å². The third-order valence-electron chi connectivity index (χ3n) is 3.54. The van der Waals surface area contributed by atoms with Crippen molar-refractivity contribution in [3.63, 3.8) is 0 Å². The third-order valence-corrected chi connectivity index (χ3v) is 3.95. The number of benzene rings is 1. The lowest BCUT2D eigenvalue weighted by molar-refractivity contribution is 0.0950. The van der Waals surface area contributed by atoms with Gasteiger partial charge in [0, 0.05) is 42.0 Å². The topological polar surface area (TPSA) is 79.8 Å². The molecule has 1 aromatic carbocycles. The molecule has 0 unspecified atom stereocenters. The molecule has 2 N–H and O–H groups in total. The van der Waals surface area contributed by atoms with E-state index < -0.39 is 0 Å². The van der Waals surface area contributed by atoms with Crippen molar-refractivity contribution in [1.82, 2.24) is 20.3 Å². The van der Waals surface area contributed by atoms with Crippen LogP contribution in [0.4, 0.5) is 11.6 Å². The van der Waals surface area contributed by atoms with Crippen LogP contribution in [-0.4, -0.2) is 20.9 Å². The van der Waals surface area contributed by atoms with Crippen LogP contribution in [0.1, 0.15) is 21.5 Å². The monoisotopic (exact) mass is 353 g/mol. The van der Waals surface area contributed by atoms with Crippen molar-refractivity contribution >= 4 is 29.1 Å². The molecule has 2 aromatic heterocycles. The van der Waals surface area contributed by atoms with E-state index >= 15 is 0 Å². The second-order valence-corrected chi connectivity index (χ2v) is 5.83. The maximum atomic E-state index is 12.1. The van der Waals surface area contributed by atoms with E-state index in [2.05, 4.69) is 25.6 Å². The van der Waals surface area contributed by atoms with Crippen LogP contribution in [-0.2, 0) is 6.54 Å². The Labute approximate surface area is 150 Å². The van der Waals surface area contributed by atoms with E-state index in [0.29, 0.717) is 23.1 Å². The number of hydrogen-bond acceptors (Lipinski definition) is 5. The Hall–Kier alpha value is -2.99. The summed E-state index contributed by atoms with van der Waals surface area (Å²) >= 11 is 6.09. The average molecular weight is 354 g/mol. The Kier molecular flexibility index (Phi) is 5.20. The molecule has 0 saturated carbocycles. The molecule has 0 fully saturated rings. The molecule has 0 saturated heterocycles. The number of pyridine rings is 1. The zero-order valence-electron chi connectivity index (χ0n) is 13.5. The number of aryl methyl sites for hydroxylation is 1. The minimum absolute atomic E-state index is 0.234. The van der Waals surface area contributed by atoms with Gasteiger partial charge < -0.3 is 10.6 Å². The number of nitrogens with zero attached hydrogens (tertiary/aromatic N) is 3. The van der Waals surface area contributed by atoms with Gasteiger partial charge in [-0.15, -0.1) is 0 Å². The molecule has 126 valence electrons. The smallest absolute Gasteiger partial charge is 0.254 e. The SMILES string of the molecule is Cc1ccc(Nc2ncc(C(=O)NCc3ccncc3)cn2)cc1Cl. The van der Waals surface area contributed by atoms with E-state index in [1.165, 1.54) is 12.4 Å². The Morgan fingerprint density at radius 1 is 1.12 bits per heavy atom. The third kappa shape index (κ3) is 4.51. The summed E-state index contributed by atoms with van der Waals surface area (Å²) in [4.78, 5) is 24.4. The number of aromatic nitrogens is 3. The first-order valence-electron chi connectivity index (χ1n) is 7.64. The number of rotatable bonds is 5. The average Bonchev–Trinajstić information content (AvgIpc) is 2.64. The van der Waals surface area contributed by atoms with Crippen molar-refractivity contribution in [2.45, 2.75) is 13.5 Å². The predicted molar refractivity (Wildman–Crippen MR) is 96.9 cm³/mol. The molecular formula is C18H16ClN5O. The van der Waals surface area contributed by atoms with Gasteiger partial charge in [-0.2, -0.15) is 0 Å². The number of amides is 1. The van der Waals surface area contributed by atoms with Crippen molar-refractivity contribution in [1.29, 1.82) is 0 Å². The first kappa shape index (κ1) is 16.9. The summed E-state index contributed by atoms with van der Waals surface area (Å²) in [6.45, 7) is 2.35. The van der Waals surface area contributed by atoms with E-state index in [1.54, 1.807) is 18.5 Å². The van der Waals surface area contributed by atoms with E-state index in [1.807, 2.05) is 31.2 Å².